The van der Waals surface area contributed by atoms with Gasteiger partial charge in [0.15, 0.2) is 5.78 Å². The van der Waals surface area contributed by atoms with E-state index in [1.165, 1.54) is 30.9 Å². The number of alkyl halides is 1. The lowest BCUT2D eigenvalue weighted by Crippen LogP contribution is -2.34. The largest absolute Gasteiger partial charge is 0.317 e. The van der Waals surface area contributed by atoms with Crippen LogP contribution in [0, 0.1) is 30.6 Å². The average Bonchev–Trinajstić information content (AvgIpc) is 2.98. The minimum Gasteiger partial charge on any atom is -0.317 e. The molecule has 0 heterocycles. The van der Waals surface area contributed by atoms with E-state index >= 15 is 0 Å². The summed E-state index contributed by atoms with van der Waals surface area (Å²) in [4.78, 5) is 22.4. The van der Waals surface area contributed by atoms with Crippen LogP contribution in [0.15, 0.2) is 54.1 Å². The molecule has 4 heteroatoms. The lowest BCUT2D eigenvalue weighted by atomic mass is 9.71. The highest BCUT2D eigenvalue weighted by atomic mass is 79.9. The Kier molecular flexibility index (Phi) is 21.5. The first-order chi connectivity index (χ1) is 18.5. The number of rotatable bonds is 7. The number of Topliss-reactive ketones (excluding diaryl/α,β-unsaturated/α-hetero) is 2. The second-order valence-corrected chi connectivity index (χ2v) is 10.5. The molecule has 218 valence electrons. The number of ketones is 2. The molecule has 0 amide bonds. The van der Waals surface area contributed by atoms with E-state index in [-0.39, 0.29) is 11.6 Å². The molecule has 0 saturated heterocycles. The molecule has 0 aliphatic heterocycles. The van der Waals surface area contributed by atoms with Crippen molar-refractivity contribution in [2.75, 3.05) is 12.4 Å². The molecule has 0 bridgehead atoms. The maximum atomic E-state index is 12.6. The van der Waals surface area contributed by atoms with E-state index in [4.69, 9.17) is 0 Å². The second-order valence-electron chi connectivity index (χ2n) is 9.98. The van der Waals surface area contributed by atoms with Gasteiger partial charge in [-0.3, -0.25) is 9.59 Å². The van der Waals surface area contributed by atoms with Crippen molar-refractivity contribution in [2.24, 2.45) is 17.8 Å². The molecule has 2 aliphatic rings. The average molecular weight is 601 g/mol. The summed E-state index contributed by atoms with van der Waals surface area (Å²) in [6, 6.07) is 8.52. The summed E-state index contributed by atoms with van der Waals surface area (Å²) >= 11 is 2.96. The quantitative estimate of drug-likeness (QED) is 0.193. The van der Waals surface area contributed by atoms with Gasteiger partial charge in [0, 0.05) is 17.2 Å². The fourth-order valence-electron chi connectivity index (χ4n) is 4.80. The highest BCUT2D eigenvalue weighted by Crippen LogP contribution is 2.44. The summed E-state index contributed by atoms with van der Waals surface area (Å²) < 4.78 is 0. The molecular formula is C35H54BrNO2. The van der Waals surface area contributed by atoms with E-state index in [0.29, 0.717) is 17.3 Å². The standard InChI is InChI=1S/C18H18O.C10H23N.C3H5BrO.C2H6.C2H2/c1-11(2)13-8-9-15-12(3)14-6-4-5-7-16(14)18(19)17(15)10-13;1-6-8(3)9(4)10(7-2)11-5;1-3(5)2-4;2*1-2/h4-7,13H,1,3,8-10H2,2H3;8-11H,6-7H2,1-5H3;2H2,1H3;1-2H3;1-2H/t13-;;;;/m0..../s1. The molecule has 1 N–H and O–H groups in total. The van der Waals surface area contributed by atoms with Crippen molar-refractivity contribution < 1.29 is 9.59 Å². The molecule has 0 aromatic heterocycles. The zero-order valence-electron chi connectivity index (χ0n) is 26.1. The van der Waals surface area contributed by atoms with Crippen LogP contribution >= 0.6 is 15.9 Å². The zero-order chi connectivity index (χ0) is 30.7. The topological polar surface area (TPSA) is 46.2 Å². The molecule has 0 spiro atoms. The zero-order valence-corrected chi connectivity index (χ0v) is 27.7. The lowest BCUT2D eigenvalue weighted by molar-refractivity contribution is -0.114. The van der Waals surface area contributed by atoms with Gasteiger partial charge >= 0.3 is 0 Å². The molecule has 1 aromatic carbocycles. The van der Waals surface area contributed by atoms with Crippen LogP contribution in [0.1, 0.15) is 103 Å². The predicted molar refractivity (Wildman–Crippen MR) is 176 cm³/mol. The van der Waals surface area contributed by atoms with E-state index in [0.717, 1.165) is 53.4 Å². The number of allylic oxidation sites excluding steroid dienone is 4. The molecule has 3 unspecified atom stereocenters. The molecule has 3 rings (SSSR count). The van der Waals surface area contributed by atoms with Crippen LogP contribution < -0.4 is 5.32 Å². The van der Waals surface area contributed by atoms with Gasteiger partial charge < -0.3 is 5.32 Å². The van der Waals surface area contributed by atoms with Crippen LogP contribution in [0.3, 0.4) is 0 Å². The Hall–Kier alpha value is -2.22. The molecular weight excluding hydrogens is 546 g/mol. The van der Waals surface area contributed by atoms with Gasteiger partial charge in [0.1, 0.15) is 5.78 Å². The number of hydrogen-bond donors (Lipinski definition) is 1. The molecule has 0 saturated carbocycles. The predicted octanol–water partition coefficient (Wildman–Crippen LogP) is 9.48. The van der Waals surface area contributed by atoms with Crippen molar-refractivity contribution in [1.82, 2.24) is 5.32 Å². The van der Waals surface area contributed by atoms with Gasteiger partial charge in [0.2, 0.25) is 0 Å². The van der Waals surface area contributed by atoms with Crippen molar-refractivity contribution in [3.8, 4) is 12.8 Å². The van der Waals surface area contributed by atoms with Gasteiger partial charge in [0.25, 0.3) is 0 Å². The number of benzene rings is 1. The van der Waals surface area contributed by atoms with Crippen molar-refractivity contribution in [2.45, 2.75) is 93.5 Å². The Morgan fingerprint density at radius 2 is 1.59 bits per heavy atom. The first kappa shape index (κ1) is 38.9. The second kappa shape index (κ2) is 21.6. The van der Waals surface area contributed by atoms with Crippen LogP contribution in [-0.4, -0.2) is 30.0 Å². The van der Waals surface area contributed by atoms with Gasteiger partial charge in [-0.1, -0.05) is 107 Å². The number of terminal acetylenes is 1. The van der Waals surface area contributed by atoms with Crippen LogP contribution in [0.5, 0.6) is 0 Å². The SMILES string of the molecule is C#C.C=C1C2=C(C[C@@H](C(=C)C)CC2)C(=O)c2ccccc21.CC.CC(=O)CBr.CCC(C)C(C)C(CC)NC. The number of halogens is 1. The molecule has 3 nitrogen and oxygen atoms in total. The van der Waals surface area contributed by atoms with Crippen molar-refractivity contribution in [3.63, 3.8) is 0 Å². The van der Waals surface area contributed by atoms with E-state index in [1.54, 1.807) is 0 Å². The summed E-state index contributed by atoms with van der Waals surface area (Å²) in [5, 5.41) is 3.85. The first-order valence-electron chi connectivity index (χ1n) is 14.3. The minimum absolute atomic E-state index is 0.171. The molecule has 1 aromatic rings. The molecule has 0 fully saturated rings. The van der Waals surface area contributed by atoms with Crippen LogP contribution in [-0.2, 0) is 4.79 Å². The van der Waals surface area contributed by atoms with E-state index in [2.05, 4.69) is 88.9 Å². The molecule has 39 heavy (non-hydrogen) atoms. The van der Waals surface area contributed by atoms with Crippen molar-refractivity contribution in [3.05, 3.63) is 65.3 Å². The Balaban J connectivity index is 0. The normalized spacial score (nSPS) is 17.4. The molecule has 4 atom stereocenters. The van der Waals surface area contributed by atoms with E-state index in [1.807, 2.05) is 38.1 Å². The summed E-state index contributed by atoms with van der Waals surface area (Å²) in [6.45, 7) is 25.1. The Bertz CT molecular complexity index is 968. The van der Waals surface area contributed by atoms with Crippen molar-refractivity contribution in [1.29, 1.82) is 0 Å². The summed E-state index contributed by atoms with van der Waals surface area (Å²) in [5.41, 5.74) is 6.21. The molecule has 2 aliphatic carbocycles. The Morgan fingerprint density at radius 3 is 2.00 bits per heavy atom. The van der Waals surface area contributed by atoms with Gasteiger partial charge in [-0.25, -0.2) is 0 Å². The molecule has 0 radical (unpaired) electrons. The Labute approximate surface area is 249 Å². The minimum atomic E-state index is 0.171. The number of nitrogens with one attached hydrogen (secondary N) is 1. The van der Waals surface area contributed by atoms with Gasteiger partial charge in [-0.2, -0.15) is 0 Å². The van der Waals surface area contributed by atoms with Gasteiger partial charge in [0.05, 0.1) is 5.33 Å². The summed E-state index contributed by atoms with van der Waals surface area (Å²) in [5.74, 6) is 2.46. The lowest BCUT2D eigenvalue weighted by Gasteiger charge is -2.32. The van der Waals surface area contributed by atoms with E-state index in [9.17, 15) is 9.59 Å². The third-order valence-electron chi connectivity index (χ3n) is 7.56. The summed E-state index contributed by atoms with van der Waals surface area (Å²) in [6.07, 6.45) is 13.4. The van der Waals surface area contributed by atoms with Crippen LogP contribution in [0.4, 0.5) is 0 Å². The number of hydrogen-bond acceptors (Lipinski definition) is 3. The van der Waals surface area contributed by atoms with Gasteiger partial charge in [-0.15, -0.1) is 12.8 Å². The van der Waals surface area contributed by atoms with Gasteiger partial charge in [-0.05, 0) is 81.0 Å². The maximum absolute atomic E-state index is 12.6. The fourth-order valence-corrected chi connectivity index (χ4v) is 4.80. The van der Waals surface area contributed by atoms with Crippen LogP contribution in [0.2, 0.25) is 0 Å². The third kappa shape index (κ3) is 12.2. The smallest absolute Gasteiger partial charge is 0.189 e. The highest BCUT2D eigenvalue weighted by molar-refractivity contribution is 9.09. The monoisotopic (exact) mass is 599 g/mol. The van der Waals surface area contributed by atoms with Crippen molar-refractivity contribution >= 4 is 33.1 Å². The fraction of sp³-hybridized carbons (Fsp3) is 0.543. The number of carbonyl (C=O) groups is 2. The third-order valence-corrected chi connectivity index (χ3v) is 8.35. The first-order valence-corrected chi connectivity index (χ1v) is 15.4. The van der Waals surface area contributed by atoms with Crippen LogP contribution in [0.25, 0.3) is 5.57 Å². The van der Waals surface area contributed by atoms with E-state index < -0.39 is 0 Å². The maximum Gasteiger partial charge on any atom is 0.189 e. The summed E-state index contributed by atoms with van der Waals surface area (Å²) in [7, 11) is 2.06. The Morgan fingerprint density at radius 1 is 1.08 bits per heavy atom. The number of fused-ring (bicyclic) bond motifs is 1. The number of carbonyl (C=O) groups excluding carboxylic acids is 2. The highest BCUT2D eigenvalue weighted by Gasteiger charge is 2.32.